The second-order valence-electron chi connectivity index (χ2n) is 5.43. The molecule has 0 spiro atoms. The molecule has 0 aromatic heterocycles. The molecule has 2 aliphatic rings. The van der Waals surface area contributed by atoms with Gasteiger partial charge in [0.1, 0.15) is 0 Å². The minimum Gasteiger partial charge on any atom is -0.394 e. The zero-order chi connectivity index (χ0) is 11.4. The van der Waals surface area contributed by atoms with Gasteiger partial charge in [-0.3, -0.25) is 0 Å². The van der Waals surface area contributed by atoms with Gasteiger partial charge < -0.3 is 15.3 Å². The monoisotopic (exact) mass is 226 g/mol. The van der Waals surface area contributed by atoms with E-state index < -0.39 is 0 Å². The molecule has 0 aromatic rings. The maximum absolute atomic E-state index is 9.77. The highest BCUT2D eigenvalue weighted by atomic mass is 16.3. The molecule has 2 fully saturated rings. The first-order valence-electron chi connectivity index (χ1n) is 6.89. The number of nitrogens with one attached hydrogen (secondary N) is 1. The van der Waals surface area contributed by atoms with Gasteiger partial charge >= 0.3 is 0 Å². The Bertz CT molecular complexity index is 214. The van der Waals surface area contributed by atoms with Crippen LogP contribution in [0, 0.1) is 5.92 Å². The molecule has 0 saturated carbocycles. The van der Waals surface area contributed by atoms with Crippen LogP contribution in [0.2, 0.25) is 0 Å². The summed E-state index contributed by atoms with van der Waals surface area (Å²) in [4.78, 5) is 2.53. The van der Waals surface area contributed by atoms with Crippen molar-refractivity contribution in [2.75, 3.05) is 32.8 Å². The maximum Gasteiger partial charge on any atom is 0.0616 e. The molecule has 2 N–H and O–H groups in total. The lowest BCUT2D eigenvalue weighted by Crippen LogP contribution is -2.60. The first-order chi connectivity index (χ1) is 7.80. The molecule has 2 atom stereocenters. The van der Waals surface area contributed by atoms with Crippen molar-refractivity contribution >= 4 is 0 Å². The van der Waals surface area contributed by atoms with Gasteiger partial charge in [0.15, 0.2) is 0 Å². The Balaban J connectivity index is 2.01. The van der Waals surface area contributed by atoms with Crippen LogP contribution in [0.3, 0.4) is 0 Å². The first-order valence-corrected chi connectivity index (χ1v) is 6.89. The van der Waals surface area contributed by atoms with Crippen LogP contribution in [0.4, 0.5) is 0 Å². The molecular formula is C13H26N2O. The molecule has 2 saturated heterocycles. The normalized spacial score (nSPS) is 37.5. The lowest BCUT2D eigenvalue weighted by Gasteiger charge is -2.47. The molecule has 3 nitrogen and oxygen atoms in total. The van der Waals surface area contributed by atoms with Crippen molar-refractivity contribution in [1.82, 2.24) is 10.2 Å². The molecule has 16 heavy (non-hydrogen) atoms. The third kappa shape index (κ3) is 2.41. The summed E-state index contributed by atoms with van der Waals surface area (Å²) >= 11 is 0. The van der Waals surface area contributed by atoms with E-state index in [1.54, 1.807) is 0 Å². The highest BCUT2D eigenvalue weighted by molar-refractivity contribution is 4.98. The smallest absolute Gasteiger partial charge is 0.0616 e. The van der Waals surface area contributed by atoms with E-state index in [1.807, 2.05) is 0 Å². The van der Waals surface area contributed by atoms with Crippen molar-refractivity contribution < 1.29 is 5.11 Å². The van der Waals surface area contributed by atoms with Gasteiger partial charge in [-0.1, -0.05) is 13.3 Å². The summed E-state index contributed by atoms with van der Waals surface area (Å²) in [7, 11) is 0. The Hall–Kier alpha value is -0.120. The molecule has 0 radical (unpaired) electrons. The Morgan fingerprint density at radius 1 is 1.38 bits per heavy atom. The van der Waals surface area contributed by atoms with Gasteiger partial charge in [-0.25, -0.2) is 0 Å². The van der Waals surface area contributed by atoms with Crippen LogP contribution in [-0.4, -0.2) is 48.3 Å². The lowest BCUT2D eigenvalue weighted by atomic mass is 9.74. The number of hydrogen-bond acceptors (Lipinski definition) is 3. The average molecular weight is 226 g/mol. The van der Waals surface area contributed by atoms with Crippen LogP contribution in [0.25, 0.3) is 0 Å². The van der Waals surface area contributed by atoms with E-state index in [4.69, 9.17) is 0 Å². The Kier molecular flexibility index (Phi) is 4.22. The second-order valence-corrected chi connectivity index (χ2v) is 5.43. The number of rotatable bonds is 3. The Labute approximate surface area is 99.2 Å². The van der Waals surface area contributed by atoms with Crippen LogP contribution in [0.1, 0.15) is 39.0 Å². The molecule has 2 unspecified atom stereocenters. The molecule has 2 aliphatic heterocycles. The summed E-state index contributed by atoms with van der Waals surface area (Å²) in [6.07, 6.45) is 6.28. The predicted molar refractivity (Wildman–Crippen MR) is 66.5 cm³/mol. The number of likely N-dealkylation sites (tertiary alicyclic amines) is 1. The summed E-state index contributed by atoms with van der Waals surface area (Å²) in [6, 6.07) is 0. The average Bonchev–Trinajstić information content (AvgIpc) is 2.39. The first kappa shape index (κ1) is 12.3. The standard InChI is InChI=1S/C13H26N2O/c1-2-15-9-5-6-12(10-15)13(11-16)7-3-4-8-14-13/h12,14,16H,2-11H2,1H3. The number of piperidine rings is 2. The summed E-state index contributed by atoms with van der Waals surface area (Å²) in [5.41, 5.74) is 0.0338. The van der Waals surface area contributed by atoms with Gasteiger partial charge in [0.25, 0.3) is 0 Å². The van der Waals surface area contributed by atoms with E-state index in [0.29, 0.717) is 12.5 Å². The highest BCUT2D eigenvalue weighted by Gasteiger charge is 2.40. The van der Waals surface area contributed by atoms with Gasteiger partial charge in [-0.05, 0) is 51.2 Å². The van der Waals surface area contributed by atoms with E-state index in [1.165, 1.54) is 38.8 Å². The number of aliphatic hydroxyl groups is 1. The molecule has 94 valence electrons. The summed E-state index contributed by atoms with van der Waals surface area (Å²) in [5.74, 6) is 0.645. The van der Waals surface area contributed by atoms with Gasteiger partial charge in [-0.2, -0.15) is 0 Å². The van der Waals surface area contributed by atoms with Crippen molar-refractivity contribution in [2.45, 2.75) is 44.6 Å². The number of nitrogens with zero attached hydrogens (tertiary/aromatic N) is 1. The molecule has 0 aliphatic carbocycles. The van der Waals surface area contributed by atoms with Crippen LogP contribution >= 0.6 is 0 Å². The zero-order valence-corrected chi connectivity index (χ0v) is 10.5. The lowest BCUT2D eigenvalue weighted by molar-refractivity contribution is 0.0333. The number of aliphatic hydroxyl groups excluding tert-OH is 1. The van der Waals surface area contributed by atoms with Crippen molar-refractivity contribution in [3.63, 3.8) is 0 Å². The van der Waals surface area contributed by atoms with E-state index >= 15 is 0 Å². The van der Waals surface area contributed by atoms with Gasteiger partial charge in [0.2, 0.25) is 0 Å². The fourth-order valence-corrected chi connectivity index (χ4v) is 3.40. The van der Waals surface area contributed by atoms with Crippen LogP contribution in [0.5, 0.6) is 0 Å². The fourth-order valence-electron chi connectivity index (χ4n) is 3.40. The molecule has 0 bridgehead atoms. The van der Waals surface area contributed by atoms with E-state index in [9.17, 15) is 5.11 Å². The third-order valence-electron chi connectivity index (χ3n) is 4.54. The van der Waals surface area contributed by atoms with E-state index in [2.05, 4.69) is 17.1 Å². The van der Waals surface area contributed by atoms with E-state index in [0.717, 1.165) is 19.5 Å². The van der Waals surface area contributed by atoms with Crippen molar-refractivity contribution in [3.8, 4) is 0 Å². The molecular weight excluding hydrogens is 200 g/mol. The van der Waals surface area contributed by atoms with Crippen LogP contribution in [0.15, 0.2) is 0 Å². The van der Waals surface area contributed by atoms with Gasteiger partial charge in [0, 0.05) is 12.1 Å². The minimum absolute atomic E-state index is 0.0338. The largest absolute Gasteiger partial charge is 0.394 e. The minimum atomic E-state index is 0.0338. The topological polar surface area (TPSA) is 35.5 Å². The van der Waals surface area contributed by atoms with E-state index in [-0.39, 0.29) is 5.54 Å². The highest BCUT2D eigenvalue weighted by Crippen LogP contribution is 2.33. The predicted octanol–water partition coefficient (Wildman–Crippen LogP) is 1.22. The second kappa shape index (κ2) is 5.48. The quantitative estimate of drug-likeness (QED) is 0.759. The van der Waals surface area contributed by atoms with Gasteiger partial charge in [-0.15, -0.1) is 0 Å². The SMILES string of the molecule is CCN1CCCC(C2(CO)CCCCN2)C1. The van der Waals surface area contributed by atoms with Crippen molar-refractivity contribution in [2.24, 2.45) is 5.92 Å². The molecule has 2 heterocycles. The molecule has 0 amide bonds. The van der Waals surface area contributed by atoms with Crippen LogP contribution < -0.4 is 5.32 Å². The van der Waals surface area contributed by atoms with Gasteiger partial charge in [0.05, 0.1) is 6.61 Å². The van der Waals surface area contributed by atoms with Crippen molar-refractivity contribution in [3.05, 3.63) is 0 Å². The Morgan fingerprint density at radius 2 is 2.25 bits per heavy atom. The molecule has 3 heteroatoms. The third-order valence-corrected chi connectivity index (χ3v) is 4.54. The Morgan fingerprint density at radius 3 is 2.88 bits per heavy atom. The van der Waals surface area contributed by atoms with Crippen LogP contribution in [-0.2, 0) is 0 Å². The molecule has 2 rings (SSSR count). The fraction of sp³-hybridized carbons (Fsp3) is 1.00. The maximum atomic E-state index is 9.77. The number of hydrogen-bond donors (Lipinski definition) is 2. The summed E-state index contributed by atoms with van der Waals surface area (Å²) in [5, 5.41) is 13.4. The zero-order valence-electron chi connectivity index (χ0n) is 10.5. The van der Waals surface area contributed by atoms with Crippen molar-refractivity contribution in [1.29, 1.82) is 0 Å². The molecule has 0 aromatic carbocycles. The summed E-state index contributed by atoms with van der Waals surface area (Å²) < 4.78 is 0. The summed E-state index contributed by atoms with van der Waals surface area (Å²) in [6.45, 7) is 7.21.